The quantitative estimate of drug-likeness (QED) is 0.141. The molecule has 0 amide bonds. The molecule has 2 saturated heterocycles. The number of benzene rings is 2. The molecule has 3 aromatic rings. The van der Waals surface area contributed by atoms with E-state index in [1.807, 2.05) is 13.8 Å². The summed E-state index contributed by atoms with van der Waals surface area (Å²) in [5, 5.41) is 72.7. The van der Waals surface area contributed by atoms with E-state index in [1.54, 1.807) is 12.1 Å². The minimum absolute atomic E-state index is 0.0354. The van der Waals surface area contributed by atoms with Gasteiger partial charge in [0.2, 0.25) is 6.29 Å². The van der Waals surface area contributed by atoms with Crippen molar-refractivity contribution in [2.75, 3.05) is 26.9 Å². The summed E-state index contributed by atoms with van der Waals surface area (Å²) >= 11 is 0. The minimum atomic E-state index is -2.09. The van der Waals surface area contributed by atoms with Crippen LogP contribution < -0.4 is 19.8 Å². The molecule has 0 radical (unpaired) electrons. The van der Waals surface area contributed by atoms with E-state index in [0.29, 0.717) is 11.1 Å². The van der Waals surface area contributed by atoms with Crippen molar-refractivity contribution >= 4 is 11.0 Å². The molecule has 2 aliphatic rings. The Morgan fingerprint density at radius 3 is 2.42 bits per heavy atom. The lowest BCUT2D eigenvalue weighted by Gasteiger charge is -2.40. The standard InChI is InChI=1S/C30H36O15/c1-13(2)42-18-5-4-14(6-17(18)32)16-9-22(33)43-19-7-15(39-3)8-20(23(16)19)44-29-27(37)30(38,12-41-29)11-40-28-26(36)25(35)24(34)21(10-31)45-28/h4-9,13,21,24-29,31-32,34-38H,10-12H2,1-3H3/t21?,24-,25?,26+,27?,28-,29+,30-/m1/s1. The fraction of sp³-hybridized carbons (Fsp3) is 0.500. The molecule has 0 spiro atoms. The highest BCUT2D eigenvalue weighted by Crippen LogP contribution is 2.41. The van der Waals surface area contributed by atoms with Crippen LogP contribution in [0.3, 0.4) is 0 Å². The Morgan fingerprint density at radius 1 is 1.00 bits per heavy atom. The summed E-state index contributed by atoms with van der Waals surface area (Å²) in [6.07, 6.45) is -11.2. The topological polar surface area (TPSA) is 227 Å². The second-order valence-corrected chi connectivity index (χ2v) is 11.2. The number of rotatable bonds is 10. The van der Waals surface area contributed by atoms with Crippen LogP contribution in [0.2, 0.25) is 0 Å². The Bertz CT molecular complexity index is 1550. The number of hydrogen-bond donors (Lipinski definition) is 7. The fourth-order valence-electron chi connectivity index (χ4n) is 5.16. The molecule has 5 rings (SSSR count). The van der Waals surface area contributed by atoms with Crippen LogP contribution in [0.15, 0.2) is 45.6 Å². The number of phenolic OH excluding ortho intramolecular Hbond substituents is 1. The van der Waals surface area contributed by atoms with E-state index in [1.165, 1.54) is 31.4 Å². The summed E-state index contributed by atoms with van der Waals surface area (Å²) in [5.41, 5.74) is -2.02. The molecule has 1 aromatic heterocycles. The van der Waals surface area contributed by atoms with Crippen molar-refractivity contribution < 1.29 is 68.6 Å². The second kappa shape index (κ2) is 13.1. The van der Waals surface area contributed by atoms with Gasteiger partial charge < -0.3 is 68.6 Å². The number of aliphatic hydroxyl groups excluding tert-OH is 5. The number of ether oxygens (including phenoxy) is 6. The van der Waals surface area contributed by atoms with Gasteiger partial charge in [-0.05, 0) is 31.5 Å². The molecule has 246 valence electrons. The van der Waals surface area contributed by atoms with E-state index in [4.69, 9.17) is 32.8 Å². The molecule has 45 heavy (non-hydrogen) atoms. The van der Waals surface area contributed by atoms with Gasteiger partial charge in [0, 0.05) is 23.8 Å². The number of hydrogen-bond acceptors (Lipinski definition) is 15. The van der Waals surface area contributed by atoms with Crippen LogP contribution in [0.1, 0.15) is 13.8 Å². The maximum absolute atomic E-state index is 12.6. The summed E-state index contributed by atoms with van der Waals surface area (Å²) in [7, 11) is 1.38. The van der Waals surface area contributed by atoms with Gasteiger partial charge in [0.1, 0.15) is 53.2 Å². The average molecular weight is 637 g/mol. The number of aliphatic hydroxyl groups is 6. The molecule has 8 atom stereocenters. The number of phenols is 1. The van der Waals surface area contributed by atoms with Gasteiger partial charge in [-0.3, -0.25) is 0 Å². The Morgan fingerprint density at radius 2 is 1.76 bits per heavy atom. The predicted octanol–water partition coefficient (Wildman–Crippen LogP) is -0.395. The van der Waals surface area contributed by atoms with Gasteiger partial charge in [0.25, 0.3) is 0 Å². The normalized spacial score (nSPS) is 30.1. The van der Waals surface area contributed by atoms with Gasteiger partial charge >= 0.3 is 5.63 Å². The van der Waals surface area contributed by atoms with Gasteiger partial charge in [0.15, 0.2) is 17.8 Å². The third kappa shape index (κ3) is 6.58. The van der Waals surface area contributed by atoms with Gasteiger partial charge in [-0.2, -0.15) is 0 Å². The van der Waals surface area contributed by atoms with E-state index in [-0.39, 0.29) is 40.1 Å². The Labute approximate surface area is 256 Å². The molecule has 3 unspecified atom stereocenters. The SMILES string of the molecule is COc1cc(O[C@@H]2OC[C@](O)(CO[C@@H]3OC(CO)[C@@H](O)C(O)[C@@H]3O)C2O)c2c(-c3ccc(OC(C)C)c(O)c3)cc(=O)oc2c1. The molecule has 7 N–H and O–H groups in total. The zero-order valence-electron chi connectivity index (χ0n) is 24.6. The van der Waals surface area contributed by atoms with E-state index in [9.17, 15) is 40.5 Å². The highest BCUT2D eigenvalue weighted by molar-refractivity contribution is 5.99. The smallest absolute Gasteiger partial charge is 0.336 e. The molecular weight excluding hydrogens is 600 g/mol. The Balaban J connectivity index is 1.42. The molecule has 0 saturated carbocycles. The van der Waals surface area contributed by atoms with Crippen molar-refractivity contribution in [3.05, 3.63) is 46.8 Å². The zero-order valence-corrected chi connectivity index (χ0v) is 24.6. The predicted molar refractivity (Wildman–Crippen MR) is 153 cm³/mol. The molecule has 3 heterocycles. The van der Waals surface area contributed by atoms with Gasteiger partial charge in [0.05, 0.1) is 38.4 Å². The van der Waals surface area contributed by atoms with Crippen LogP contribution in [0.4, 0.5) is 0 Å². The first-order chi connectivity index (χ1) is 21.3. The first kappa shape index (κ1) is 32.9. The molecule has 0 bridgehead atoms. The van der Waals surface area contributed by atoms with E-state index < -0.39 is 74.1 Å². The van der Waals surface area contributed by atoms with E-state index in [2.05, 4.69) is 0 Å². The molecular formula is C30H36O15. The average Bonchev–Trinajstić information content (AvgIpc) is 3.28. The van der Waals surface area contributed by atoms with E-state index in [0.717, 1.165) is 0 Å². The highest BCUT2D eigenvalue weighted by atomic mass is 16.7. The van der Waals surface area contributed by atoms with Crippen LogP contribution in [0.5, 0.6) is 23.0 Å². The first-order valence-electron chi connectivity index (χ1n) is 14.1. The Kier molecular flexibility index (Phi) is 9.55. The monoisotopic (exact) mass is 636 g/mol. The largest absolute Gasteiger partial charge is 0.504 e. The molecule has 0 aliphatic carbocycles. The van der Waals surface area contributed by atoms with Crippen LogP contribution in [-0.4, -0.2) is 117 Å². The maximum Gasteiger partial charge on any atom is 0.336 e. The van der Waals surface area contributed by atoms with Crippen molar-refractivity contribution in [3.8, 4) is 34.1 Å². The van der Waals surface area contributed by atoms with Crippen LogP contribution in [0, 0.1) is 0 Å². The lowest BCUT2D eigenvalue weighted by molar-refractivity contribution is -0.310. The lowest BCUT2D eigenvalue weighted by atomic mass is 9.98. The second-order valence-electron chi connectivity index (χ2n) is 11.2. The van der Waals surface area contributed by atoms with Crippen molar-refractivity contribution in [3.63, 3.8) is 0 Å². The van der Waals surface area contributed by atoms with Crippen molar-refractivity contribution in [1.82, 2.24) is 0 Å². The molecule has 2 fully saturated rings. The molecule has 2 aliphatic heterocycles. The third-order valence-corrected chi connectivity index (χ3v) is 7.54. The number of aromatic hydroxyl groups is 1. The zero-order chi connectivity index (χ0) is 32.6. The minimum Gasteiger partial charge on any atom is -0.504 e. The number of methoxy groups -OCH3 is 1. The first-order valence-corrected chi connectivity index (χ1v) is 14.1. The highest BCUT2D eigenvalue weighted by Gasteiger charge is 2.52. The van der Waals surface area contributed by atoms with E-state index >= 15 is 0 Å². The van der Waals surface area contributed by atoms with Gasteiger partial charge in [-0.15, -0.1) is 0 Å². The lowest BCUT2D eigenvalue weighted by Crippen LogP contribution is -2.60. The Hall–Kier alpha value is -3.51. The van der Waals surface area contributed by atoms with Crippen molar-refractivity contribution in [1.29, 1.82) is 0 Å². The van der Waals surface area contributed by atoms with Crippen molar-refractivity contribution in [2.24, 2.45) is 0 Å². The van der Waals surface area contributed by atoms with Crippen LogP contribution in [-0.2, 0) is 14.2 Å². The molecule has 2 aromatic carbocycles. The van der Waals surface area contributed by atoms with Crippen LogP contribution >= 0.6 is 0 Å². The summed E-state index contributed by atoms with van der Waals surface area (Å²) in [4.78, 5) is 12.6. The molecule has 15 nitrogen and oxygen atoms in total. The summed E-state index contributed by atoms with van der Waals surface area (Å²) in [6, 6.07) is 8.72. The number of fused-ring (bicyclic) bond motifs is 1. The maximum atomic E-state index is 12.6. The summed E-state index contributed by atoms with van der Waals surface area (Å²) in [6.45, 7) is 1.78. The molecule has 15 heteroatoms. The van der Waals surface area contributed by atoms with Crippen molar-refractivity contribution in [2.45, 2.75) is 68.7 Å². The van der Waals surface area contributed by atoms with Crippen LogP contribution in [0.25, 0.3) is 22.1 Å². The van der Waals surface area contributed by atoms with Gasteiger partial charge in [-0.25, -0.2) is 4.79 Å². The third-order valence-electron chi connectivity index (χ3n) is 7.54. The fourth-order valence-corrected chi connectivity index (χ4v) is 5.16. The van der Waals surface area contributed by atoms with Gasteiger partial charge in [-0.1, -0.05) is 6.07 Å². The summed E-state index contributed by atoms with van der Waals surface area (Å²) < 4.78 is 38.7. The summed E-state index contributed by atoms with van der Waals surface area (Å²) in [5.74, 6) is 0.340.